The summed E-state index contributed by atoms with van der Waals surface area (Å²) in [4.78, 5) is 23.6. The van der Waals surface area contributed by atoms with Gasteiger partial charge in [0.05, 0.1) is 18.4 Å². The van der Waals surface area contributed by atoms with Gasteiger partial charge in [-0.3, -0.25) is 4.79 Å². The van der Waals surface area contributed by atoms with Crippen LogP contribution in [-0.4, -0.2) is 19.0 Å². The Kier molecular flexibility index (Phi) is 5.33. The van der Waals surface area contributed by atoms with Crippen molar-refractivity contribution in [2.45, 2.75) is 0 Å². The highest BCUT2D eigenvalue weighted by Crippen LogP contribution is 2.16. The van der Waals surface area contributed by atoms with Crippen LogP contribution in [0.1, 0.15) is 15.9 Å². The van der Waals surface area contributed by atoms with Crippen LogP contribution in [0.2, 0.25) is 5.02 Å². The SMILES string of the molecule is COC(=O)c1ccccc1NC(=O)/C=C/c1cccc(Cl)c1. The van der Waals surface area contributed by atoms with Crippen LogP contribution in [0, 0.1) is 0 Å². The highest BCUT2D eigenvalue weighted by molar-refractivity contribution is 6.30. The van der Waals surface area contributed by atoms with Gasteiger partial charge in [0.25, 0.3) is 0 Å². The van der Waals surface area contributed by atoms with Crippen molar-refractivity contribution in [2.75, 3.05) is 12.4 Å². The first-order valence-electron chi connectivity index (χ1n) is 6.52. The summed E-state index contributed by atoms with van der Waals surface area (Å²) in [5, 5.41) is 3.25. The van der Waals surface area contributed by atoms with E-state index in [0.29, 0.717) is 16.3 Å². The molecule has 2 rings (SSSR count). The second-order valence-electron chi connectivity index (χ2n) is 4.41. The number of halogens is 1. The summed E-state index contributed by atoms with van der Waals surface area (Å²) in [5.41, 5.74) is 1.51. The number of benzene rings is 2. The Morgan fingerprint density at radius 2 is 1.91 bits per heavy atom. The van der Waals surface area contributed by atoms with Gasteiger partial charge in [-0.05, 0) is 35.9 Å². The third-order valence-corrected chi connectivity index (χ3v) is 3.10. The summed E-state index contributed by atoms with van der Waals surface area (Å²) in [6.45, 7) is 0. The maximum absolute atomic E-state index is 12.0. The predicted octanol–water partition coefficient (Wildman–Crippen LogP) is 3.78. The standard InChI is InChI=1S/C17H14ClNO3/c1-22-17(21)14-7-2-3-8-15(14)19-16(20)10-9-12-5-4-6-13(18)11-12/h2-11H,1H3,(H,19,20)/b10-9+. The second-order valence-corrected chi connectivity index (χ2v) is 4.85. The largest absolute Gasteiger partial charge is 0.465 e. The number of carbonyl (C=O) groups excluding carboxylic acids is 2. The maximum atomic E-state index is 12.0. The first-order valence-corrected chi connectivity index (χ1v) is 6.90. The third-order valence-electron chi connectivity index (χ3n) is 2.87. The summed E-state index contributed by atoms with van der Waals surface area (Å²) < 4.78 is 4.68. The molecule has 2 aromatic carbocycles. The van der Waals surface area contributed by atoms with Crippen LogP contribution in [0.15, 0.2) is 54.6 Å². The lowest BCUT2D eigenvalue weighted by Crippen LogP contribution is -2.12. The highest BCUT2D eigenvalue weighted by atomic mass is 35.5. The molecule has 1 N–H and O–H groups in total. The minimum atomic E-state index is -0.505. The molecule has 0 saturated carbocycles. The van der Waals surface area contributed by atoms with E-state index in [2.05, 4.69) is 10.1 Å². The van der Waals surface area contributed by atoms with E-state index in [9.17, 15) is 9.59 Å². The first-order chi connectivity index (χ1) is 10.6. The molecule has 0 unspecified atom stereocenters. The van der Waals surface area contributed by atoms with Gasteiger partial charge in [0.2, 0.25) is 5.91 Å². The molecule has 4 nitrogen and oxygen atoms in total. The van der Waals surface area contributed by atoms with Crippen molar-refractivity contribution in [1.29, 1.82) is 0 Å². The van der Waals surface area contributed by atoms with E-state index in [1.54, 1.807) is 48.5 Å². The van der Waals surface area contributed by atoms with Gasteiger partial charge in [0.1, 0.15) is 0 Å². The molecule has 112 valence electrons. The van der Waals surface area contributed by atoms with Crippen LogP contribution in [-0.2, 0) is 9.53 Å². The fourth-order valence-electron chi connectivity index (χ4n) is 1.84. The Hall–Kier alpha value is -2.59. The highest BCUT2D eigenvalue weighted by Gasteiger charge is 2.11. The molecule has 0 aromatic heterocycles. The van der Waals surface area contributed by atoms with Crippen molar-refractivity contribution in [3.63, 3.8) is 0 Å². The summed E-state index contributed by atoms with van der Waals surface area (Å²) in [7, 11) is 1.29. The fraction of sp³-hybridized carbons (Fsp3) is 0.0588. The number of ether oxygens (including phenoxy) is 1. The van der Waals surface area contributed by atoms with E-state index in [4.69, 9.17) is 11.6 Å². The molecule has 0 radical (unpaired) electrons. The van der Waals surface area contributed by atoms with Crippen LogP contribution in [0.3, 0.4) is 0 Å². The van der Waals surface area contributed by atoms with Crippen LogP contribution in [0.25, 0.3) is 6.08 Å². The molecule has 1 amide bonds. The van der Waals surface area contributed by atoms with E-state index in [1.807, 2.05) is 6.07 Å². The molecule has 0 aliphatic carbocycles. The van der Waals surface area contributed by atoms with E-state index < -0.39 is 5.97 Å². The molecule has 0 spiro atoms. The number of methoxy groups -OCH3 is 1. The molecule has 0 aliphatic rings. The lowest BCUT2D eigenvalue weighted by Gasteiger charge is -2.07. The monoisotopic (exact) mass is 315 g/mol. The summed E-state index contributed by atoms with van der Waals surface area (Å²) in [5.74, 6) is -0.856. The molecule has 22 heavy (non-hydrogen) atoms. The molecule has 0 bridgehead atoms. The van der Waals surface area contributed by atoms with E-state index in [-0.39, 0.29) is 5.91 Å². The van der Waals surface area contributed by atoms with Gasteiger partial charge in [0.15, 0.2) is 0 Å². The molecular formula is C17H14ClNO3. The molecule has 5 heteroatoms. The Labute approximate surface area is 133 Å². The minimum absolute atomic E-state index is 0.300. The van der Waals surface area contributed by atoms with E-state index in [1.165, 1.54) is 13.2 Å². The van der Waals surface area contributed by atoms with E-state index in [0.717, 1.165) is 5.56 Å². The smallest absolute Gasteiger partial charge is 0.339 e. The summed E-state index contributed by atoms with van der Waals surface area (Å²) in [6, 6.07) is 13.8. The zero-order valence-corrected chi connectivity index (χ0v) is 12.6. The lowest BCUT2D eigenvalue weighted by molar-refractivity contribution is -0.111. The summed E-state index contributed by atoms with van der Waals surface area (Å²) in [6.07, 6.45) is 3.02. The zero-order chi connectivity index (χ0) is 15.9. The molecule has 0 saturated heterocycles. The number of hydrogen-bond donors (Lipinski definition) is 1. The second kappa shape index (κ2) is 7.43. The van der Waals surface area contributed by atoms with Gasteiger partial charge >= 0.3 is 5.97 Å². The molecular weight excluding hydrogens is 302 g/mol. The lowest BCUT2D eigenvalue weighted by atomic mass is 10.1. The van der Waals surface area contributed by atoms with Crippen molar-refractivity contribution < 1.29 is 14.3 Å². The number of hydrogen-bond acceptors (Lipinski definition) is 3. The van der Waals surface area contributed by atoms with Crippen LogP contribution < -0.4 is 5.32 Å². The molecule has 0 atom stereocenters. The van der Waals surface area contributed by atoms with Gasteiger partial charge in [-0.25, -0.2) is 4.79 Å². The first kappa shape index (κ1) is 15.8. The Morgan fingerprint density at radius 3 is 2.64 bits per heavy atom. The average molecular weight is 316 g/mol. The Bertz CT molecular complexity index is 725. The van der Waals surface area contributed by atoms with Crippen LogP contribution in [0.5, 0.6) is 0 Å². The number of rotatable bonds is 4. The van der Waals surface area contributed by atoms with E-state index >= 15 is 0 Å². The minimum Gasteiger partial charge on any atom is -0.465 e. The van der Waals surface area contributed by atoms with Gasteiger partial charge in [-0.2, -0.15) is 0 Å². The third kappa shape index (κ3) is 4.20. The topological polar surface area (TPSA) is 55.4 Å². The van der Waals surface area contributed by atoms with Gasteiger partial charge in [0, 0.05) is 11.1 Å². The van der Waals surface area contributed by atoms with Crippen molar-refractivity contribution in [3.05, 3.63) is 70.8 Å². The number of anilines is 1. The quantitative estimate of drug-likeness (QED) is 0.690. The zero-order valence-electron chi connectivity index (χ0n) is 11.9. The Morgan fingerprint density at radius 1 is 1.14 bits per heavy atom. The predicted molar refractivity (Wildman–Crippen MR) is 86.9 cm³/mol. The Balaban J connectivity index is 2.11. The normalized spacial score (nSPS) is 10.5. The van der Waals surface area contributed by atoms with Crippen LogP contribution in [0.4, 0.5) is 5.69 Å². The molecule has 2 aromatic rings. The fourth-order valence-corrected chi connectivity index (χ4v) is 2.04. The number of para-hydroxylation sites is 1. The number of esters is 1. The molecule has 0 aliphatic heterocycles. The number of carbonyl (C=O) groups is 2. The molecule has 0 heterocycles. The molecule has 0 fully saturated rings. The van der Waals surface area contributed by atoms with Crippen molar-refractivity contribution in [3.8, 4) is 0 Å². The van der Waals surface area contributed by atoms with Gasteiger partial charge in [-0.1, -0.05) is 35.9 Å². The van der Waals surface area contributed by atoms with Gasteiger partial charge < -0.3 is 10.1 Å². The number of amides is 1. The summed E-state index contributed by atoms with van der Waals surface area (Å²) >= 11 is 5.88. The van der Waals surface area contributed by atoms with Crippen LogP contribution >= 0.6 is 11.6 Å². The maximum Gasteiger partial charge on any atom is 0.339 e. The van der Waals surface area contributed by atoms with Gasteiger partial charge in [-0.15, -0.1) is 0 Å². The van der Waals surface area contributed by atoms with Crippen molar-refractivity contribution >= 4 is 35.2 Å². The number of nitrogens with one attached hydrogen (secondary N) is 1. The average Bonchev–Trinajstić information content (AvgIpc) is 2.53. The van der Waals surface area contributed by atoms with Crippen molar-refractivity contribution in [2.24, 2.45) is 0 Å². The van der Waals surface area contributed by atoms with Crippen molar-refractivity contribution in [1.82, 2.24) is 0 Å².